The Balaban J connectivity index is 1.56. The van der Waals surface area contributed by atoms with Crippen molar-refractivity contribution < 1.29 is 14.0 Å². The summed E-state index contributed by atoms with van der Waals surface area (Å²) in [6.45, 7) is 6.78. The van der Waals surface area contributed by atoms with Crippen molar-refractivity contribution in [3.63, 3.8) is 0 Å². The van der Waals surface area contributed by atoms with E-state index >= 15 is 0 Å². The summed E-state index contributed by atoms with van der Waals surface area (Å²) in [5, 5.41) is 2.65. The van der Waals surface area contributed by atoms with E-state index in [9.17, 15) is 14.0 Å². The number of nitrogens with one attached hydrogen (secondary N) is 1. The van der Waals surface area contributed by atoms with Crippen molar-refractivity contribution in [2.24, 2.45) is 5.41 Å². The summed E-state index contributed by atoms with van der Waals surface area (Å²) < 4.78 is 13.3. The molecule has 1 aliphatic heterocycles. The van der Waals surface area contributed by atoms with Crippen molar-refractivity contribution in [2.75, 3.05) is 31.5 Å². The Bertz CT molecular complexity index is 831. The predicted molar refractivity (Wildman–Crippen MR) is 107 cm³/mol. The van der Waals surface area contributed by atoms with Crippen LogP contribution in [-0.4, -0.2) is 47.8 Å². The molecule has 0 aliphatic carbocycles. The SMILES string of the molecule is CC(C)(C(=O)Nc1cccc(F)c1)C(=O)N1CCN(Cc2ccccc2)CC1. The van der Waals surface area contributed by atoms with E-state index in [1.54, 1.807) is 24.8 Å². The Labute approximate surface area is 165 Å². The number of rotatable bonds is 5. The molecule has 5 nitrogen and oxygen atoms in total. The number of carbonyl (C=O) groups excluding carboxylic acids is 2. The fourth-order valence-corrected chi connectivity index (χ4v) is 3.30. The zero-order valence-electron chi connectivity index (χ0n) is 16.3. The van der Waals surface area contributed by atoms with E-state index in [-0.39, 0.29) is 5.91 Å². The Morgan fingerprint density at radius 2 is 1.68 bits per heavy atom. The second-order valence-electron chi connectivity index (χ2n) is 7.64. The van der Waals surface area contributed by atoms with E-state index in [0.717, 1.165) is 19.6 Å². The molecule has 0 bridgehead atoms. The quantitative estimate of drug-likeness (QED) is 0.807. The average molecular weight is 383 g/mol. The minimum atomic E-state index is -1.23. The summed E-state index contributed by atoms with van der Waals surface area (Å²) in [4.78, 5) is 29.6. The molecule has 148 valence electrons. The molecule has 2 aromatic rings. The van der Waals surface area contributed by atoms with Crippen molar-refractivity contribution in [3.05, 3.63) is 66.0 Å². The smallest absolute Gasteiger partial charge is 0.239 e. The normalized spacial score (nSPS) is 15.3. The molecule has 1 N–H and O–H groups in total. The molecule has 0 unspecified atom stereocenters. The molecule has 6 heteroatoms. The molecular weight excluding hydrogens is 357 g/mol. The van der Waals surface area contributed by atoms with Crippen molar-refractivity contribution >= 4 is 17.5 Å². The first-order chi connectivity index (χ1) is 13.4. The van der Waals surface area contributed by atoms with Crippen LogP contribution in [0.4, 0.5) is 10.1 Å². The number of hydrogen-bond donors (Lipinski definition) is 1. The molecular formula is C22H26FN3O2. The second kappa shape index (κ2) is 8.52. The average Bonchev–Trinajstić information content (AvgIpc) is 2.69. The van der Waals surface area contributed by atoms with Crippen molar-refractivity contribution in [3.8, 4) is 0 Å². The van der Waals surface area contributed by atoms with Crippen LogP contribution in [0.3, 0.4) is 0 Å². The van der Waals surface area contributed by atoms with Crippen molar-refractivity contribution in [2.45, 2.75) is 20.4 Å². The van der Waals surface area contributed by atoms with Gasteiger partial charge in [0, 0.05) is 38.4 Å². The number of amides is 2. The Kier molecular flexibility index (Phi) is 6.09. The molecule has 1 heterocycles. The van der Waals surface area contributed by atoms with E-state index in [2.05, 4.69) is 22.3 Å². The molecule has 0 spiro atoms. The van der Waals surface area contributed by atoms with E-state index in [1.807, 2.05) is 18.2 Å². The lowest BCUT2D eigenvalue weighted by molar-refractivity contribution is -0.147. The van der Waals surface area contributed by atoms with Crippen LogP contribution in [0, 0.1) is 11.2 Å². The van der Waals surface area contributed by atoms with Crippen molar-refractivity contribution in [1.82, 2.24) is 9.80 Å². The van der Waals surface area contributed by atoms with Gasteiger partial charge < -0.3 is 10.2 Å². The van der Waals surface area contributed by atoms with Gasteiger partial charge in [-0.1, -0.05) is 36.4 Å². The zero-order valence-corrected chi connectivity index (χ0v) is 16.3. The maximum atomic E-state index is 13.3. The number of benzene rings is 2. The highest BCUT2D eigenvalue weighted by Gasteiger charge is 2.40. The van der Waals surface area contributed by atoms with Crippen LogP contribution in [0.1, 0.15) is 19.4 Å². The van der Waals surface area contributed by atoms with Gasteiger partial charge in [-0.15, -0.1) is 0 Å². The summed E-state index contributed by atoms with van der Waals surface area (Å²) in [5.41, 5.74) is 0.365. The molecule has 0 saturated carbocycles. The minimum Gasteiger partial charge on any atom is -0.339 e. The fourth-order valence-electron chi connectivity index (χ4n) is 3.30. The predicted octanol–water partition coefficient (Wildman–Crippen LogP) is 3.13. The van der Waals surface area contributed by atoms with Gasteiger partial charge in [-0.25, -0.2) is 4.39 Å². The lowest BCUT2D eigenvalue weighted by Gasteiger charge is -2.38. The van der Waals surface area contributed by atoms with Gasteiger partial charge in [0.05, 0.1) is 0 Å². The summed E-state index contributed by atoms with van der Waals surface area (Å²) in [6, 6.07) is 15.9. The molecule has 1 fully saturated rings. The Hall–Kier alpha value is -2.73. The fraction of sp³-hybridized carbons (Fsp3) is 0.364. The number of piperazine rings is 1. The highest BCUT2D eigenvalue weighted by atomic mass is 19.1. The molecule has 0 radical (unpaired) electrons. The first-order valence-electron chi connectivity index (χ1n) is 9.49. The van der Waals surface area contributed by atoms with E-state index in [1.165, 1.54) is 23.8 Å². The lowest BCUT2D eigenvalue weighted by atomic mass is 9.89. The van der Waals surface area contributed by atoms with Crippen molar-refractivity contribution in [1.29, 1.82) is 0 Å². The summed E-state index contributed by atoms with van der Waals surface area (Å²) >= 11 is 0. The largest absolute Gasteiger partial charge is 0.339 e. The van der Waals surface area contributed by atoms with E-state index in [0.29, 0.717) is 18.8 Å². The van der Waals surface area contributed by atoms with Gasteiger partial charge in [0.15, 0.2) is 0 Å². The number of halogens is 1. The van der Waals surface area contributed by atoms with Crippen LogP contribution >= 0.6 is 0 Å². The molecule has 1 saturated heterocycles. The van der Waals surface area contributed by atoms with Crippen LogP contribution < -0.4 is 5.32 Å². The lowest BCUT2D eigenvalue weighted by Crippen LogP contribution is -2.54. The third kappa shape index (κ3) is 4.75. The standard InChI is InChI=1S/C22H26FN3O2/c1-22(2,20(27)24-19-10-6-9-18(23)15-19)21(28)26-13-11-25(12-14-26)16-17-7-4-3-5-8-17/h3-10,15H,11-14,16H2,1-2H3,(H,24,27). The van der Waals surface area contributed by atoms with Crippen LogP contribution in [0.2, 0.25) is 0 Å². The molecule has 2 aromatic carbocycles. The van der Waals surface area contributed by atoms with Crippen LogP contribution in [-0.2, 0) is 16.1 Å². The van der Waals surface area contributed by atoms with Crippen LogP contribution in [0.15, 0.2) is 54.6 Å². The summed E-state index contributed by atoms with van der Waals surface area (Å²) in [7, 11) is 0. The van der Waals surface area contributed by atoms with Gasteiger partial charge in [-0.2, -0.15) is 0 Å². The molecule has 0 atom stereocenters. The number of anilines is 1. The topological polar surface area (TPSA) is 52.7 Å². The van der Waals surface area contributed by atoms with Crippen LogP contribution in [0.5, 0.6) is 0 Å². The first kappa shape index (κ1) is 20.0. The van der Waals surface area contributed by atoms with Crippen LogP contribution in [0.25, 0.3) is 0 Å². The molecule has 1 aliphatic rings. The Morgan fingerprint density at radius 3 is 2.32 bits per heavy atom. The minimum absolute atomic E-state index is 0.208. The van der Waals surface area contributed by atoms with Gasteiger partial charge in [0.1, 0.15) is 11.2 Å². The third-order valence-electron chi connectivity index (χ3n) is 5.09. The maximum Gasteiger partial charge on any atom is 0.239 e. The van der Waals surface area contributed by atoms with Gasteiger partial charge in [0.25, 0.3) is 0 Å². The molecule has 2 amide bonds. The summed E-state index contributed by atoms with van der Waals surface area (Å²) in [6.07, 6.45) is 0. The van der Waals surface area contributed by atoms with E-state index < -0.39 is 17.1 Å². The maximum absolute atomic E-state index is 13.3. The molecule has 0 aromatic heterocycles. The van der Waals surface area contributed by atoms with Gasteiger partial charge in [-0.05, 0) is 37.6 Å². The number of hydrogen-bond acceptors (Lipinski definition) is 3. The highest BCUT2D eigenvalue weighted by molar-refractivity contribution is 6.09. The second-order valence-corrected chi connectivity index (χ2v) is 7.64. The monoisotopic (exact) mass is 383 g/mol. The molecule has 28 heavy (non-hydrogen) atoms. The zero-order chi connectivity index (χ0) is 20.1. The van der Waals surface area contributed by atoms with Gasteiger partial charge in [-0.3, -0.25) is 14.5 Å². The number of carbonyl (C=O) groups is 2. The Morgan fingerprint density at radius 1 is 1.00 bits per heavy atom. The first-order valence-corrected chi connectivity index (χ1v) is 9.49. The van der Waals surface area contributed by atoms with E-state index in [4.69, 9.17) is 0 Å². The van der Waals surface area contributed by atoms with Gasteiger partial charge >= 0.3 is 0 Å². The highest BCUT2D eigenvalue weighted by Crippen LogP contribution is 2.23. The number of nitrogens with zero attached hydrogens (tertiary/aromatic N) is 2. The summed E-state index contributed by atoms with van der Waals surface area (Å²) in [5.74, 6) is -1.08. The van der Waals surface area contributed by atoms with Gasteiger partial charge in [0.2, 0.25) is 11.8 Å². The molecule has 3 rings (SSSR count). The third-order valence-corrected chi connectivity index (χ3v) is 5.09.